The number of halogens is 1. The number of rotatable bonds is 5. The van der Waals surface area contributed by atoms with Crippen molar-refractivity contribution in [1.29, 1.82) is 0 Å². The quantitative estimate of drug-likeness (QED) is 0.838. The van der Waals surface area contributed by atoms with E-state index in [4.69, 9.17) is 0 Å². The molecule has 0 radical (unpaired) electrons. The van der Waals surface area contributed by atoms with Crippen LogP contribution < -0.4 is 5.32 Å². The molecule has 0 bridgehead atoms. The van der Waals surface area contributed by atoms with E-state index in [-0.39, 0.29) is 23.7 Å². The van der Waals surface area contributed by atoms with Crippen LogP contribution in [0.5, 0.6) is 0 Å². The Kier molecular flexibility index (Phi) is 5.13. The third-order valence-corrected chi connectivity index (χ3v) is 2.90. The topological polar surface area (TPSA) is 29.1 Å². The minimum Gasteiger partial charge on any atom is -0.353 e. The normalized spacial score (nSPS) is 14.1. The summed E-state index contributed by atoms with van der Waals surface area (Å²) in [4.78, 5) is 11.8. The summed E-state index contributed by atoms with van der Waals surface area (Å²) >= 11 is 0. The molecule has 2 atom stereocenters. The second-order valence-electron chi connectivity index (χ2n) is 4.55. The van der Waals surface area contributed by atoms with Gasteiger partial charge in [0, 0.05) is 12.0 Å². The summed E-state index contributed by atoms with van der Waals surface area (Å²) in [5.41, 5.74) is 0.984. The fourth-order valence-corrected chi connectivity index (χ4v) is 1.55. The molecule has 0 heterocycles. The van der Waals surface area contributed by atoms with E-state index in [1.807, 2.05) is 20.8 Å². The van der Waals surface area contributed by atoms with Gasteiger partial charge in [0.2, 0.25) is 5.91 Å². The van der Waals surface area contributed by atoms with Crippen LogP contribution in [0.25, 0.3) is 0 Å². The van der Waals surface area contributed by atoms with E-state index >= 15 is 0 Å². The summed E-state index contributed by atoms with van der Waals surface area (Å²) in [5.74, 6) is -0.274. The van der Waals surface area contributed by atoms with E-state index in [2.05, 4.69) is 5.32 Å². The van der Waals surface area contributed by atoms with E-state index in [0.29, 0.717) is 6.42 Å². The average Bonchev–Trinajstić information content (AvgIpc) is 2.31. The van der Waals surface area contributed by atoms with Crippen LogP contribution in [0.3, 0.4) is 0 Å². The highest BCUT2D eigenvalue weighted by atomic mass is 19.1. The summed E-state index contributed by atoms with van der Waals surface area (Å²) in [7, 11) is 0. The minimum atomic E-state index is -0.245. The van der Waals surface area contributed by atoms with Gasteiger partial charge in [-0.25, -0.2) is 4.39 Å². The predicted octanol–water partition coefficient (Wildman–Crippen LogP) is 2.92. The Labute approximate surface area is 102 Å². The highest BCUT2D eigenvalue weighted by Gasteiger charge is 2.14. The Balaban J connectivity index is 2.51. The van der Waals surface area contributed by atoms with Crippen LogP contribution in [0.1, 0.15) is 32.8 Å². The zero-order valence-corrected chi connectivity index (χ0v) is 10.7. The fraction of sp³-hybridized carbons (Fsp3) is 0.500. The number of carbonyl (C=O) groups is 1. The van der Waals surface area contributed by atoms with Crippen LogP contribution in [-0.2, 0) is 11.2 Å². The smallest absolute Gasteiger partial charge is 0.223 e. The first-order valence-corrected chi connectivity index (χ1v) is 6.07. The summed E-state index contributed by atoms with van der Waals surface area (Å²) in [6.07, 6.45) is 1.57. The SMILES string of the molecule is CCC(C)NC(=O)C(C)Cc1ccc(F)cc1. The zero-order chi connectivity index (χ0) is 12.8. The Morgan fingerprint density at radius 3 is 2.41 bits per heavy atom. The van der Waals surface area contributed by atoms with E-state index in [1.165, 1.54) is 12.1 Å². The molecule has 0 saturated heterocycles. The number of carbonyl (C=O) groups excluding carboxylic acids is 1. The molecular weight excluding hydrogens is 217 g/mol. The van der Waals surface area contributed by atoms with Crippen molar-refractivity contribution in [3.63, 3.8) is 0 Å². The van der Waals surface area contributed by atoms with Gasteiger partial charge in [0.15, 0.2) is 0 Å². The van der Waals surface area contributed by atoms with Gasteiger partial charge < -0.3 is 5.32 Å². The second-order valence-corrected chi connectivity index (χ2v) is 4.55. The monoisotopic (exact) mass is 237 g/mol. The highest BCUT2D eigenvalue weighted by Crippen LogP contribution is 2.10. The molecule has 1 amide bonds. The molecule has 0 saturated carbocycles. The lowest BCUT2D eigenvalue weighted by atomic mass is 10.00. The van der Waals surface area contributed by atoms with Gasteiger partial charge in [-0.3, -0.25) is 4.79 Å². The van der Waals surface area contributed by atoms with Gasteiger partial charge in [0.05, 0.1) is 0 Å². The molecule has 3 heteroatoms. The van der Waals surface area contributed by atoms with E-state index in [0.717, 1.165) is 12.0 Å². The molecule has 2 nitrogen and oxygen atoms in total. The lowest BCUT2D eigenvalue weighted by molar-refractivity contribution is -0.125. The van der Waals surface area contributed by atoms with Gasteiger partial charge in [-0.05, 0) is 37.5 Å². The summed E-state index contributed by atoms with van der Waals surface area (Å²) in [6.45, 7) is 5.92. The summed E-state index contributed by atoms with van der Waals surface area (Å²) in [6, 6.07) is 6.51. The zero-order valence-electron chi connectivity index (χ0n) is 10.7. The molecule has 94 valence electrons. The first-order valence-electron chi connectivity index (χ1n) is 6.07. The van der Waals surface area contributed by atoms with Crippen molar-refractivity contribution in [3.8, 4) is 0 Å². The maximum Gasteiger partial charge on any atom is 0.223 e. The molecular formula is C14H20FNO. The fourth-order valence-electron chi connectivity index (χ4n) is 1.55. The maximum atomic E-state index is 12.7. The molecule has 1 aromatic rings. The van der Waals surface area contributed by atoms with Gasteiger partial charge in [-0.2, -0.15) is 0 Å². The van der Waals surface area contributed by atoms with Gasteiger partial charge in [0.25, 0.3) is 0 Å². The number of nitrogens with one attached hydrogen (secondary N) is 1. The van der Waals surface area contributed by atoms with Crippen molar-refractivity contribution in [2.75, 3.05) is 0 Å². The maximum absolute atomic E-state index is 12.7. The lowest BCUT2D eigenvalue weighted by Crippen LogP contribution is -2.36. The van der Waals surface area contributed by atoms with Crippen LogP contribution in [0, 0.1) is 11.7 Å². The molecule has 1 aromatic carbocycles. The number of benzene rings is 1. The van der Waals surface area contributed by atoms with Crippen LogP contribution in [0.15, 0.2) is 24.3 Å². The van der Waals surface area contributed by atoms with Crippen LogP contribution in [0.2, 0.25) is 0 Å². The van der Waals surface area contributed by atoms with E-state index < -0.39 is 0 Å². The Bertz CT molecular complexity index is 361. The Morgan fingerprint density at radius 1 is 1.29 bits per heavy atom. The first-order chi connectivity index (χ1) is 8.02. The standard InChI is InChI=1S/C14H20FNO/c1-4-11(3)16-14(17)10(2)9-12-5-7-13(15)8-6-12/h5-8,10-11H,4,9H2,1-3H3,(H,16,17). The molecule has 1 rings (SSSR count). The summed E-state index contributed by atoms with van der Waals surface area (Å²) < 4.78 is 12.7. The number of hydrogen-bond donors (Lipinski definition) is 1. The van der Waals surface area contributed by atoms with Crippen molar-refractivity contribution in [3.05, 3.63) is 35.6 Å². The molecule has 0 aliphatic rings. The third kappa shape index (κ3) is 4.55. The Hall–Kier alpha value is -1.38. The number of amides is 1. The predicted molar refractivity (Wildman–Crippen MR) is 67.2 cm³/mol. The van der Waals surface area contributed by atoms with Gasteiger partial charge >= 0.3 is 0 Å². The van der Waals surface area contributed by atoms with E-state index in [1.54, 1.807) is 12.1 Å². The summed E-state index contributed by atoms with van der Waals surface area (Å²) in [5, 5.41) is 2.95. The Morgan fingerprint density at radius 2 is 1.88 bits per heavy atom. The van der Waals surface area contributed by atoms with Crippen molar-refractivity contribution in [2.24, 2.45) is 5.92 Å². The highest BCUT2D eigenvalue weighted by molar-refractivity contribution is 5.78. The van der Waals surface area contributed by atoms with Crippen molar-refractivity contribution in [1.82, 2.24) is 5.32 Å². The van der Waals surface area contributed by atoms with Crippen molar-refractivity contribution < 1.29 is 9.18 Å². The van der Waals surface area contributed by atoms with E-state index in [9.17, 15) is 9.18 Å². The van der Waals surface area contributed by atoms with Gasteiger partial charge in [-0.1, -0.05) is 26.0 Å². The minimum absolute atomic E-state index is 0.0590. The third-order valence-electron chi connectivity index (χ3n) is 2.90. The molecule has 0 aliphatic heterocycles. The molecule has 0 spiro atoms. The van der Waals surface area contributed by atoms with Gasteiger partial charge in [-0.15, -0.1) is 0 Å². The van der Waals surface area contributed by atoms with Crippen LogP contribution in [0.4, 0.5) is 4.39 Å². The first kappa shape index (κ1) is 13.7. The largest absolute Gasteiger partial charge is 0.353 e. The van der Waals surface area contributed by atoms with Crippen LogP contribution in [-0.4, -0.2) is 11.9 Å². The number of hydrogen-bond acceptors (Lipinski definition) is 1. The molecule has 17 heavy (non-hydrogen) atoms. The molecule has 2 unspecified atom stereocenters. The molecule has 0 aliphatic carbocycles. The molecule has 0 fully saturated rings. The lowest BCUT2D eigenvalue weighted by Gasteiger charge is -2.16. The van der Waals surface area contributed by atoms with Gasteiger partial charge in [0.1, 0.15) is 5.82 Å². The average molecular weight is 237 g/mol. The van der Waals surface area contributed by atoms with Crippen molar-refractivity contribution in [2.45, 2.75) is 39.7 Å². The molecule has 1 N–H and O–H groups in total. The second kappa shape index (κ2) is 6.38. The van der Waals surface area contributed by atoms with Crippen molar-refractivity contribution >= 4 is 5.91 Å². The molecule has 0 aromatic heterocycles. The van der Waals surface area contributed by atoms with Crippen LogP contribution >= 0.6 is 0 Å².